The molecule has 7 heteroatoms. The van der Waals surface area contributed by atoms with E-state index < -0.39 is 0 Å². The van der Waals surface area contributed by atoms with Crippen LogP contribution in [-0.4, -0.2) is 40.5 Å². The summed E-state index contributed by atoms with van der Waals surface area (Å²) in [6, 6.07) is 3.50. The fraction of sp³-hybridized carbons (Fsp3) is 0.571. The quantitative estimate of drug-likeness (QED) is 0.891. The van der Waals surface area contributed by atoms with E-state index in [-0.39, 0.29) is 0 Å². The molecule has 0 atom stereocenters. The van der Waals surface area contributed by atoms with Gasteiger partial charge in [-0.3, -0.25) is 0 Å². The van der Waals surface area contributed by atoms with Crippen molar-refractivity contribution in [2.45, 2.75) is 25.7 Å². The highest BCUT2D eigenvalue weighted by molar-refractivity contribution is 5.47. The summed E-state index contributed by atoms with van der Waals surface area (Å²) in [4.78, 5) is 4.38. The van der Waals surface area contributed by atoms with Crippen molar-refractivity contribution in [3.8, 4) is 17.4 Å². The lowest BCUT2D eigenvalue weighted by atomic mass is 9.93. The molecule has 0 radical (unpaired) electrons. The van der Waals surface area contributed by atoms with Gasteiger partial charge in [-0.25, -0.2) is 0 Å². The molecule has 21 heavy (non-hydrogen) atoms. The summed E-state index contributed by atoms with van der Waals surface area (Å²) in [5, 5.41) is 15.3. The number of piperidine rings is 1. The number of nitrogens with one attached hydrogen (secondary N) is 1. The maximum absolute atomic E-state index is 5.29. The fourth-order valence-corrected chi connectivity index (χ4v) is 2.51. The van der Waals surface area contributed by atoms with E-state index >= 15 is 0 Å². The Morgan fingerprint density at radius 2 is 2.14 bits per heavy atom. The third-order valence-corrected chi connectivity index (χ3v) is 3.77. The SMILES string of the molecule is COc1ccc(-c2noc(CCC3CCNCC3)n2)nn1. The van der Waals surface area contributed by atoms with Crippen molar-refractivity contribution in [2.24, 2.45) is 5.92 Å². The lowest BCUT2D eigenvalue weighted by Gasteiger charge is -2.21. The summed E-state index contributed by atoms with van der Waals surface area (Å²) in [6.45, 7) is 2.22. The fourth-order valence-electron chi connectivity index (χ4n) is 2.51. The highest BCUT2D eigenvalue weighted by atomic mass is 16.5. The largest absolute Gasteiger partial charge is 0.480 e. The molecule has 0 aliphatic carbocycles. The molecule has 1 aliphatic rings. The van der Waals surface area contributed by atoms with Gasteiger partial charge in [-0.2, -0.15) is 4.98 Å². The monoisotopic (exact) mass is 289 g/mol. The Balaban J connectivity index is 1.59. The minimum absolute atomic E-state index is 0.466. The smallest absolute Gasteiger partial charge is 0.233 e. The maximum Gasteiger partial charge on any atom is 0.233 e. The molecule has 0 spiro atoms. The van der Waals surface area contributed by atoms with Crippen LogP contribution in [0, 0.1) is 5.92 Å². The van der Waals surface area contributed by atoms with Crippen LogP contribution in [0.4, 0.5) is 0 Å². The van der Waals surface area contributed by atoms with E-state index in [0.29, 0.717) is 23.3 Å². The van der Waals surface area contributed by atoms with Crippen molar-refractivity contribution < 1.29 is 9.26 Å². The van der Waals surface area contributed by atoms with Crippen LogP contribution in [0.1, 0.15) is 25.2 Å². The zero-order valence-electron chi connectivity index (χ0n) is 12.1. The summed E-state index contributed by atoms with van der Waals surface area (Å²) in [6.07, 6.45) is 4.37. The first kappa shape index (κ1) is 13.9. The molecule has 112 valence electrons. The number of rotatable bonds is 5. The molecule has 2 aromatic heterocycles. The van der Waals surface area contributed by atoms with Gasteiger partial charge in [0.2, 0.25) is 17.6 Å². The highest BCUT2D eigenvalue weighted by Gasteiger charge is 2.16. The van der Waals surface area contributed by atoms with E-state index in [0.717, 1.165) is 31.8 Å². The Morgan fingerprint density at radius 3 is 2.86 bits per heavy atom. The zero-order valence-corrected chi connectivity index (χ0v) is 12.1. The zero-order chi connectivity index (χ0) is 14.5. The average Bonchev–Trinajstić information content (AvgIpc) is 3.03. The number of methoxy groups -OCH3 is 1. The van der Waals surface area contributed by atoms with E-state index in [1.54, 1.807) is 19.2 Å². The molecule has 0 amide bonds. The van der Waals surface area contributed by atoms with Crippen molar-refractivity contribution >= 4 is 0 Å². The number of aryl methyl sites for hydroxylation is 1. The highest BCUT2D eigenvalue weighted by Crippen LogP contribution is 2.20. The minimum Gasteiger partial charge on any atom is -0.480 e. The van der Waals surface area contributed by atoms with Gasteiger partial charge in [-0.15, -0.1) is 10.2 Å². The van der Waals surface area contributed by atoms with Crippen molar-refractivity contribution in [1.29, 1.82) is 0 Å². The topological polar surface area (TPSA) is 86.0 Å². The van der Waals surface area contributed by atoms with Crippen LogP contribution in [0.3, 0.4) is 0 Å². The molecule has 0 bridgehead atoms. The van der Waals surface area contributed by atoms with Crippen LogP contribution in [0.25, 0.3) is 11.5 Å². The van der Waals surface area contributed by atoms with E-state index in [4.69, 9.17) is 9.26 Å². The first-order valence-corrected chi connectivity index (χ1v) is 7.26. The molecule has 1 aliphatic heterocycles. The molecule has 2 aromatic rings. The van der Waals surface area contributed by atoms with Crippen molar-refractivity contribution in [2.75, 3.05) is 20.2 Å². The minimum atomic E-state index is 0.466. The Hall–Kier alpha value is -2.02. The molecular weight excluding hydrogens is 270 g/mol. The van der Waals surface area contributed by atoms with Gasteiger partial charge < -0.3 is 14.6 Å². The van der Waals surface area contributed by atoms with Gasteiger partial charge in [0.15, 0.2) is 0 Å². The molecule has 0 saturated carbocycles. The average molecular weight is 289 g/mol. The van der Waals surface area contributed by atoms with E-state index in [9.17, 15) is 0 Å². The second-order valence-corrected chi connectivity index (χ2v) is 5.20. The standard InChI is InChI=1S/C14H19N5O2/c1-20-13-5-3-11(17-18-13)14-16-12(21-19-14)4-2-10-6-8-15-9-7-10/h3,5,10,15H,2,4,6-9H2,1H3. The van der Waals surface area contributed by atoms with Crippen LogP contribution in [-0.2, 0) is 6.42 Å². The van der Waals surface area contributed by atoms with Gasteiger partial charge in [0.1, 0.15) is 5.69 Å². The third kappa shape index (κ3) is 3.55. The van der Waals surface area contributed by atoms with E-state index in [1.165, 1.54) is 12.8 Å². The number of hydrogen-bond acceptors (Lipinski definition) is 7. The first-order chi connectivity index (χ1) is 10.3. The van der Waals surface area contributed by atoms with Gasteiger partial charge in [-0.05, 0) is 44.3 Å². The molecule has 0 aromatic carbocycles. The van der Waals surface area contributed by atoms with Crippen LogP contribution >= 0.6 is 0 Å². The third-order valence-electron chi connectivity index (χ3n) is 3.77. The van der Waals surface area contributed by atoms with Gasteiger partial charge in [-0.1, -0.05) is 5.16 Å². The van der Waals surface area contributed by atoms with Gasteiger partial charge >= 0.3 is 0 Å². The predicted molar refractivity (Wildman–Crippen MR) is 75.8 cm³/mol. The van der Waals surface area contributed by atoms with E-state index in [1.807, 2.05) is 0 Å². The van der Waals surface area contributed by atoms with Crippen molar-refractivity contribution in [1.82, 2.24) is 25.7 Å². The molecular formula is C14H19N5O2. The van der Waals surface area contributed by atoms with Crippen molar-refractivity contribution in [3.63, 3.8) is 0 Å². The normalized spacial score (nSPS) is 16.0. The lowest BCUT2D eigenvalue weighted by molar-refractivity contribution is 0.324. The Bertz CT molecular complexity index is 563. The molecule has 1 fully saturated rings. The summed E-state index contributed by atoms with van der Waals surface area (Å²) in [7, 11) is 1.55. The summed E-state index contributed by atoms with van der Waals surface area (Å²) in [5.74, 6) is 2.36. The summed E-state index contributed by atoms with van der Waals surface area (Å²) in [5.41, 5.74) is 0.590. The summed E-state index contributed by atoms with van der Waals surface area (Å²) < 4.78 is 10.3. The summed E-state index contributed by atoms with van der Waals surface area (Å²) >= 11 is 0. The number of aromatic nitrogens is 4. The Kier molecular flexibility index (Phi) is 4.40. The predicted octanol–water partition coefficient (Wildman–Crippen LogP) is 1.47. The molecule has 3 rings (SSSR count). The first-order valence-electron chi connectivity index (χ1n) is 7.26. The lowest BCUT2D eigenvalue weighted by Crippen LogP contribution is -2.27. The van der Waals surface area contributed by atoms with Gasteiger partial charge in [0, 0.05) is 12.5 Å². The van der Waals surface area contributed by atoms with Crippen LogP contribution in [0.2, 0.25) is 0 Å². The van der Waals surface area contributed by atoms with Crippen LogP contribution in [0.15, 0.2) is 16.7 Å². The molecule has 3 heterocycles. The maximum atomic E-state index is 5.29. The number of ether oxygens (including phenoxy) is 1. The second kappa shape index (κ2) is 6.62. The van der Waals surface area contributed by atoms with Crippen LogP contribution < -0.4 is 10.1 Å². The number of nitrogens with zero attached hydrogens (tertiary/aromatic N) is 4. The van der Waals surface area contributed by atoms with Gasteiger partial charge in [0.05, 0.1) is 7.11 Å². The molecule has 1 N–H and O–H groups in total. The van der Waals surface area contributed by atoms with Gasteiger partial charge in [0.25, 0.3) is 0 Å². The Labute approximate surface area is 123 Å². The number of hydrogen-bond donors (Lipinski definition) is 1. The second-order valence-electron chi connectivity index (χ2n) is 5.20. The van der Waals surface area contributed by atoms with Crippen LogP contribution in [0.5, 0.6) is 5.88 Å². The molecule has 1 saturated heterocycles. The molecule has 0 unspecified atom stereocenters. The van der Waals surface area contributed by atoms with E-state index in [2.05, 4.69) is 25.7 Å². The van der Waals surface area contributed by atoms with Crippen molar-refractivity contribution in [3.05, 3.63) is 18.0 Å². The molecule has 7 nitrogen and oxygen atoms in total. The Morgan fingerprint density at radius 1 is 1.29 bits per heavy atom.